The zero-order valence-electron chi connectivity index (χ0n) is 9.59. The average molecular weight is 194 g/mol. The van der Waals surface area contributed by atoms with Crippen LogP contribution in [-0.4, -0.2) is 11.2 Å². The molecule has 0 heterocycles. The first-order chi connectivity index (χ1) is 6.61. The van der Waals surface area contributed by atoms with Crippen LogP contribution < -0.4 is 0 Å². The molecule has 0 aromatic heterocycles. The van der Waals surface area contributed by atoms with Crippen LogP contribution in [0.25, 0.3) is 0 Å². The van der Waals surface area contributed by atoms with Crippen LogP contribution in [0.15, 0.2) is 23.3 Å². The fraction of sp³-hybridized carbons (Fsp3) is 0.692. The number of rotatable bonds is 3. The first kappa shape index (κ1) is 11.5. The van der Waals surface area contributed by atoms with Gasteiger partial charge in [0.15, 0.2) is 0 Å². The van der Waals surface area contributed by atoms with Crippen molar-refractivity contribution in [1.82, 2.24) is 0 Å². The van der Waals surface area contributed by atoms with Crippen LogP contribution in [0.1, 0.15) is 46.5 Å². The van der Waals surface area contributed by atoms with E-state index in [-0.39, 0.29) is 6.10 Å². The largest absolute Gasteiger partial charge is 0.388 e. The maximum absolute atomic E-state index is 9.83. The van der Waals surface area contributed by atoms with E-state index in [1.165, 1.54) is 31.3 Å². The number of allylic oxidation sites excluding steroid dienone is 3. The first-order valence-corrected chi connectivity index (χ1v) is 5.66. The molecule has 0 saturated carbocycles. The maximum Gasteiger partial charge on any atom is 0.0773 e. The Hall–Kier alpha value is -0.560. The van der Waals surface area contributed by atoms with E-state index in [1.54, 1.807) is 0 Å². The van der Waals surface area contributed by atoms with Crippen LogP contribution in [0.5, 0.6) is 0 Å². The van der Waals surface area contributed by atoms with Gasteiger partial charge in [0.25, 0.3) is 0 Å². The van der Waals surface area contributed by atoms with E-state index in [0.29, 0.717) is 5.92 Å². The van der Waals surface area contributed by atoms with Gasteiger partial charge in [0.1, 0.15) is 0 Å². The normalized spacial score (nSPS) is 20.9. The molecular formula is C13H22O. The SMILES string of the molecule is C/C(=C\C1=CCCCC1)C(O)C(C)C. The highest BCUT2D eigenvalue weighted by molar-refractivity contribution is 5.25. The number of aliphatic hydroxyl groups excluding tert-OH is 1. The Morgan fingerprint density at radius 1 is 1.43 bits per heavy atom. The summed E-state index contributed by atoms with van der Waals surface area (Å²) in [6, 6.07) is 0. The van der Waals surface area contributed by atoms with Gasteiger partial charge in [-0.05, 0) is 44.1 Å². The molecule has 1 unspecified atom stereocenters. The highest BCUT2D eigenvalue weighted by atomic mass is 16.3. The van der Waals surface area contributed by atoms with Gasteiger partial charge in [0, 0.05) is 0 Å². The van der Waals surface area contributed by atoms with Crippen LogP contribution in [-0.2, 0) is 0 Å². The summed E-state index contributed by atoms with van der Waals surface area (Å²) in [5.74, 6) is 0.315. The quantitative estimate of drug-likeness (QED) is 0.729. The second-order valence-electron chi connectivity index (χ2n) is 4.60. The summed E-state index contributed by atoms with van der Waals surface area (Å²) in [6.45, 7) is 6.13. The van der Waals surface area contributed by atoms with E-state index in [0.717, 1.165) is 5.57 Å². The van der Waals surface area contributed by atoms with Crippen LogP contribution >= 0.6 is 0 Å². The minimum Gasteiger partial charge on any atom is -0.388 e. The summed E-state index contributed by atoms with van der Waals surface area (Å²) in [5, 5.41) is 9.83. The van der Waals surface area contributed by atoms with Crippen molar-refractivity contribution in [2.45, 2.75) is 52.6 Å². The zero-order valence-corrected chi connectivity index (χ0v) is 9.59. The van der Waals surface area contributed by atoms with Crippen molar-refractivity contribution in [3.63, 3.8) is 0 Å². The molecule has 0 bridgehead atoms. The second-order valence-corrected chi connectivity index (χ2v) is 4.60. The molecule has 80 valence electrons. The van der Waals surface area contributed by atoms with Crippen LogP contribution in [0, 0.1) is 5.92 Å². The molecular weight excluding hydrogens is 172 g/mol. The van der Waals surface area contributed by atoms with Gasteiger partial charge in [0.2, 0.25) is 0 Å². The van der Waals surface area contributed by atoms with Gasteiger partial charge in [-0.3, -0.25) is 0 Å². The highest BCUT2D eigenvalue weighted by Crippen LogP contribution is 2.21. The maximum atomic E-state index is 9.83. The van der Waals surface area contributed by atoms with Crippen LogP contribution in [0.3, 0.4) is 0 Å². The Kier molecular flexibility index (Phi) is 4.40. The fourth-order valence-corrected chi connectivity index (χ4v) is 1.90. The van der Waals surface area contributed by atoms with Gasteiger partial charge in [-0.15, -0.1) is 0 Å². The summed E-state index contributed by atoms with van der Waals surface area (Å²) in [7, 11) is 0. The minimum absolute atomic E-state index is 0.280. The molecule has 0 saturated heterocycles. The molecule has 0 aromatic carbocycles. The molecule has 1 nitrogen and oxygen atoms in total. The summed E-state index contributed by atoms with van der Waals surface area (Å²) < 4.78 is 0. The third-order valence-electron chi connectivity index (χ3n) is 2.84. The molecule has 0 fully saturated rings. The summed E-state index contributed by atoms with van der Waals surface area (Å²) in [4.78, 5) is 0. The molecule has 1 aliphatic carbocycles. The number of hydrogen-bond acceptors (Lipinski definition) is 1. The molecule has 0 aliphatic heterocycles. The monoisotopic (exact) mass is 194 g/mol. The predicted octanol–water partition coefficient (Wildman–Crippen LogP) is 3.45. The molecule has 0 spiro atoms. The smallest absolute Gasteiger partial charge is 0.0773 e. The predicted molar refractivity (Wildman–Crippen MR) is 61.2 cm³/mol. The lowest BCUT2D eigenvalue weighted by Crippen LogP contribution is -2.16. The lowest BCUT2D eigenvalue weighted by molar-refractivity contribution is 0.160. The van der Waals surface area contributed by atoms with Crippen molar-refractivity contribution in [2.24, 2.45) is 5.92 Å². The Bertz CT molecular complexity index is 236. The average Bonchev–Trinajstić information content (AvgIpc) is 2.18. The lowest BCUT2D eigenvalue weighted by Gasteiger charge is -2.17. The third-order valence-corrected chi connectivity index (χ3v) is 2.84. The molecule has 1 N–H and O–H groups in total. The molecule has 0 aromatic rings. The van der Waals surface area contributed by atoms with Crippen molar-refractivity contribution < 1.29 is 5.11 Å². The molecule has 14 heavy (non-hydrogen) atoms. The zero-order chi connectivity index (χ0) is 10.6. The van der Waals surface area contributed by atoms with Gasteiger partial charge < -0.3 is 5.11 Å². The van der Waals surface area contributed by atoms with Crippen LogP contribution in [0.4, 0.5) is 0 Å². The summed E-state index contributed by atoms with van der Waals surface area (Å²) in [5.41, 5.74) is 2.52. The first-order valence-electron chi connectivity index (χ1n) is 5.66. The standard InChI is InChI=1S/C13H22O/c1-10(2)13(14)11(3)9-12-7-5-4-6-8-12/h7,9-10,13-14H,4-6,8H2,1-3H3/b11-9+. The Morgan fingerprint density at radius 3 is 2.64 bits per heavy atom. The highest BCUT2D eigenvalue weighted by Gasteiger charge is 2.11. The van der Waals surface area contributed by atoms with Crippen molar-refractivity contribution in [3.8, 4) is 0 Å². The van der Waals surface area contributed by atoms with Gasteiger partial charge in [-0.25, -0.2) is 0 Å². The molecule has 1 aliphatic rings. The molecule has 0 radical (unpaired) electrons. The second kappa shape index (κ2) is 5.35. The van der Waals surface area contributed by atoms with Gasteiger partial charge in [-0.1, -0.05) is 31.6 Å². The fourth-order valence-electron chi connectivity index (χ4n) is 1.90. The van der Waals surface area contributed by atoms with E-state index in [9.17, 15) is 5.11 Å². The van der Waals surface area contributed by atoms with Crippen molar-refractivity contribution >= 4 is 0 Å². The van der Waals surface area contributed by atoms with Gasteiger partial charge in [-0.2, -0.15) is 0 Å². The summed E-state index contributed by atoms with van der Waals surface area (Å²) >= 11 is 0. The Balaban J connectivity index is 2.62. The van der Waals surface area contributed by atoms with E-state index in [2.05, 4.69) is 26.0 Å². The molecule has 1 heteroatoms. The van der Waals surface area contributed by atoms with E-state index in [4.69, 9.17) is 0 Å². The third kappa shape index (κ3) is 3.30. The number of aliphatic hydroxyl groups is 1. The van der Waals surface area contributed by atoms with Crippen LogP contribution in [0.2, 0.25) is 0 Å². The van der Waals surface area contributed by atoms with Crippen molar-refractivity contribution in [3.05, 3.63) is 23.3 Å². The topological polar surface area (TPSA) is 20.2 Å². The van der Waals surface area contributed by atoms with Gasteiger partial charge >= 0.3 is 0 Å². The van der Waals surface area contributed by atoms with E-state index < -0.39 is 0 Å². The van der Waals surface area contributed by atoms with E-state index in [1.807, 2.05) is 6.92 Å². The Labute approximate surface area is 87.5 Å². The molecule has 0 amide bonds. The molecule has 1 rings (SSSR count). The Morgan fingerprint density at radius 2 is 2.14 bits per heavy atom. The lowest BCUT2D eigenvalue weighted by atomic mass is 9.94. The van der Waals surface area contributed by atoms with E-state index >= 15 is 0 Å². The van der Waals surface area contributed by atoms with Crippen molar-refractivity contribution in [2.75, 3.05) is 0 Å². The molecule has 1 atom stereocenters. The number of hydrogen-bond donors (Lipinski definition) is 1. The minimum atomic E-state index is -0.280. The van der Waals surface area contributed by atoms with Crippen molar-refractivity contribution in [1.29, 1.82) is 0 Å². The summed E-state index contributed by atoms with van der Waals surface area (Å²) in [6.07, 6.45) is 9.21. The van der Waals surface area contributed by atoms with Gasteiger partial charge in [0.05, 0.1) is 6.10 Å².